The lowest BCUT2D eigenvalue weighted by molar-refractivity contribution is 0.0497. The summed E-state index contributed by atoms with van der Waals surface area (Å²) in [5.74, 6) is 1.20. The predicted octanol–water partition coefficient (Wildman–Crippen LogP) is 7.67. The van der Waals surface area contributed by atoms with Gasteiger partial charge in [0.15, 0.2) is 0 Å². The van der Waals surface area contributed by atoms with Crippen LogP contribution in [0.3, 0.4) is 0 Å². The van der Waals surface area contributed by atoms with Gasteiger partial charge in [-0.05, 0) is 104 Å². The molecule has 0 unspecified atom stereocenters. The zero-order chi connectivity index (χ0) is 29.3. The number of nitrogen functional groups attached to an aromatic ring is 2. The molecular formula is C34H41N3O4. The van der Waals surface area contributed by atoms with Crippen LogP contribution in [0.1, 0.15) is 79.8 Å². The Bertz CT molecular complexity index is 1270. The van der Waals surface area contributed by atoms with Gasteiger partial charge in [0.25, 0.3) is 0 Å². The number of esters is 1. The topological polar surface area (TPSA) is 121 Å². The number of benzene rings is 3. The van der Waals surface area contributed by atoms with Gasteiger partial charge < -0.3 is 25.7 Å². The predicted molar refractivity (Wildman–Crippen MR) is 166 cm³/mol. The second kappa shape index (κ2) is 17.3. The minimum atomic E-state index is -0.413. The van der Waals surface area contributed by atoms with Crippen LogP contribution in [0.25, 0.3) is 11.6 Å². The first kappa shape index (κ1) is 31.1. The van der Waals surface area contributed by atoms with Gasteiger partial charge in [-0.15, -0.1) is 0 Å². The van der Waals surface area contributed by atoms with Crippen molar-refractivity contribution in [3.05, 3.63) is 83.4 Å². The van der Waals surface area contributed by atoms with Gasteiger partial charge in [-0.25, -0.2) is 4.79 Å². The van der Waals surface area contributed by atoms with E-state index in [4.69, 9.17) is 25.7 Å². The number of carbonyl (C=O) groups excluding carboxylic acids is 1. The van der Waals surface area contributed by atoms with Gasteiger partial charge in [0.2, 0.25) is 0 Å². The molecule has 0 spiro atoms. The molecule has 0 aliphatic rings. The third-order valence-electron chi connectivity index (χ3n) is 6.50. The maximum Gasteiger partial charge on any atom is 0.338 e. The highest BCUT2D eigenvalue weighted by Gasteiger charge is 2.08. The second-order valence-corrected chi connectivity index (χ2v) is 9.96. The zero-order valence-electron chi connectivity index (χ0n) is 23.9. The molecule has 0 aromatic heterocycles. The van der Waals surface area contributed by atoms with Crippen molar-refractivity contribution < 1.29 is 19.0 Å². The van der Waals surface area contributed by atoms with Gasteiger partial charge in [-0.3, -0.25) is 0 Å². The molecule has 7 nitrogen and oxygen atoms in total. The van der Waals surface area contributed by atoms with Crippen molar-refractivity contribution in [2.75, 3.05) is 31.3 Å². The highest BCUT2D eigenvalue weighted by Crippen LogP contribution is 2.23. The number of rotatable bonds is 17. The highest BCUT2D eigenvalue weighted by molar-refractivity contribution is 5.92. The summed E-state index contributed by atoms with van der Waals surface area (Å²) in [5.41, 5.74) is 15.1. The molecule has 0 amide bonds. The Labute approximate surface area is 243 Å². The van der Waals surface area contributed by atoms with Gasteiger partial charge in [-0.2, -0.15) is 5.26 Å². The number of hydrogen-bond acceptors (Lipinski definition) is 7. The maximum atomic E-state index is 12.1. The minimum Gasteiger partial charge on any atom is -0.494 e. The van der Waals surface area contributed by atoms with Crippen LogP contribution in [0.15, 0.2) is 66.7 Å². The van der Waals surface area contributed by atoms with Crippen molar-refractivity contribution in [2.24, 2.45) is 0 Å². The molecule has 3 aromatic rings. The lowest BCUT2D eigenvalue weighted by atomic mass is 10.0. The Kier molecular flexibility index (Phi) is 13.1. The summed E-state index contributed by atoms with van der Waals surface area (Å²) in [6.07, 6.45) is 10.1. The Balaban J connectivity index is 1.34. The molecule has 0 saturated heterocycles. The number of nitriles is 1. The van der Waals surface area contributed by atoms with Gasteiger partial charge in [0.05, 0.1) is 37.0 Å². The number of allylic oxidation sites excluding steroid dienone is 1. The average molecular weight is 556 g/mol. The summed E-state index contributed by atoms with van der Waals surface area (Å²) in [7, 11) is 0. The molecule has 0 heterocycles. The number of hydrogen-bond donors (Lipinski definition) is 2. The molecule has 7 heteroatoms. The second-order valence-electron chi connectivity index (χ2n) is 9.96. The van der Waals surface area contributed by atoms with Crippen LogP contribution in [0.5, 0.6) is 11.5 Å². The van der Waals surface area contributed by atoms with Crippen LogP contribution in [0, 0.1) is 11.3 Å². The Morgan fingerprint density at radius 3 is 1.83 bits per heavy atom. The zero-order valence-corrected chi connectivity index (χ0v) is 23.9. The summed E-state index contributed by atoms with van der Waals surface area (Å²) < 4.78 is 17.0. The van der Waals surface area contributed by atoms with Crippen molar-refractivity contribution in [2.45, 2.75) is 58.3 Å². The van der Waals surface area contributed by atoms with E-state index in [9.17, 15) is 10.1 Å². The summed E-state index contributed by atoms with van der Waals surface area (Å²) in [4.78, 5) is 12.1. The molecule has 0 bridgehead atoms. The summed E-state index contributed by atoms with van der Waals surface area (Å²) >= 11 is 0. The van der Waals surface area contributed by atoms with Crippen LogP contribution < -0.4 is 20.9 Å². The fourth-order valence-corrected chi connectivity index (χ4v) is 4.25. The Morgan fingerprint density at radius 1 is 0.732 bits per heavy atom. The quantitative estimate of drug-likeness (QED) is 0.0576. The van der Waals surface area contributed by atoms with Crippen LogP contribution in [-0.2, 0) is 4.74 Å². The van der Waals surface area contributed by atoms with E-state index in [1.807, 2.05) is 54.6 Å². The van der Waals surface area contributed by atoms with Gasteiger partial charge in [0, 0.05) is 11.4 Å². The summed E-state index contributed by atoms with van der Waals surface area (Å²) in [5, 5.41) is 9.70. The first-order valence-corrected chi connectivity index (χ1v) is 14.4. The van der Waals surface area contributed by atoms with Crippen molar-refractivity contribution >= 4 is 29.0 Å². The van der Waals surface area contributed by atoms with E-state index in [0.29, 0.717) is 42.3 Å². The molecule has 3 rings (SSSR count). The highest BCUT2D eigenvalue weighted by atomic mass is 16.5. The van der Waals surface area contributed by atoms with Crippen molar-refractivity contribution in [3.63, 3.8) is 0 Å². The van der Waals surface area contributed by atoms with Crippen molar-refractivity contribution in [1.29, 1.82) is 5.26 Å². The molecule has 3 aromatic carbocycles. The maximum absolute atomic E-state index is 12.1. The van der Waals surface area contributed by atoms with E-state index in [1.165, 1.54) is 19.3 Å². The molecule has 0 aliphatic carbocycles. The van der Waals surface area contributed by atoms with E-state index in [-0.39, 0.29) is 0 Å². The molecule has 0 saturated carbocycles. The third-order valence-corrected chi connectivity index (χ3v) is 6.50. The van der Waals surface area contributed by atoms with E-state index < -0.39 is 5.97 Å². The molecule has 0 atom stereocenters. The van der Waals surface area contributed by atoms with Crippen LogP contribution in [-0.4, -0.2) is 25.8 Å². The van der Waals surface area contributed by atoms with E-state index in [1.54, 1.807) is 18.2 Å². The monoisotopic (exact) mass is 555 g/mol. The summed E-state index contributed by atoms with van der Waals surface area (Å²) in [6.45, 7) is 3.87. The van der Waals surface area contributed by atoms with Crippen LogP contribution >= 0.6 is 0 Å². The van der Waals surface area contributed by atoms with Gasteiger partial charge >= 0.3 is 5.97 Å². The number of carbonyl (C=O) groups is 1. The number of nitrogens with zero attached hydrogens (tertiary/aromatic N) is 1. The molecule has 216 valence electrons. The number of nitrogens with two attached hydrogens (primary N) is 2. The lowest BCUT2D eigenvalue weighted by Crippen LogP contribution is -2.08. The standard InChI is InChI=1S/C34H41N3O4/c1-2-3-4-7-18-40-33-16-12-27(13-17-33)29(25-35)21-26-10-14-32(15-11-26)39-19-8-5-6-9-20-41-34(38)28-22-30(36)24-31(37)23-28/h10-17,21-24H,2-9,18-20,36-37H2,1H3/b29-21+. The number of anilines is 2. The first-order chi connectivity index (χ1) is 20.0. The Morgan fingerprint density at radius 2 is 1.27 bits per heavy atom. The first-order valence-electron chi connectivity index (χ1n) is 14.4. The normalized spacial score (nSPS) is 11.1. The molecule has 0 aliphatic heterocycles. The number of unbranched alkanes of at least 4 members (excludes halogenated alkanes) is 6. The lowest BCUT2D eigenvalue weighted by Gasteiger charge is -2.08. The molecule has 41 heavy (non-hydrogen) atoms. The van der Waals surface area contributed by atoms with Crippen molar-refractivity contribution in [1.82, 2.24) is 0 Å². The van der Waals surface area contributed by atoms with E-state index in [0.717, 1.165) is 54.7 Å². The SMILES string of the molecule is CCCCCCOc1ccc(/C(C#N)=C/c2ccc(OCCCCCCOC(=O)c3cc(N)cc(N)c3)cc2)cc1. The van der Waals surface area contributed by atoms with Crippen LogP contribution in [0.4, 0.5) is 11.4 Å². The largest absolute Gasteiger partial charge is 0.494 e. The number of ether oxygens (including phenoxy) is 3. The smallest absolute Gasteiger partial charge is 0.338 e. The average Bonchev–Trinajstić information content (AvgIpc) is 2.97. The third kappa shape index (κ3) is 11.3. The fraction of sp³-hybridized carbons (Fsp3) is 0.353. The fourth-order valence-electron chi connectivity index (χ4n) is 4.25. The molecular weight excluding hydrogens is 514 g/mol. The van der Waals surface area contributed by atoms with Crippen LogP contribution in [0.2, 0.25) is 0 Å². The van der Waals surface area contributed by atoms with Gasteiger partial charge in [-0.1, -0.05) is 38.3 Å². The molecule has 0 fully saturated rings. The molecule has 4 N–H and O–H groups in total. The van der Waals surface area contributed by atoms with E-state index in [2.05, 4.69) is 13.0 Å². The van der Waals surface area contributed by atoms with Gasteiger partial charge in [0.1, 0.15) is 11.5 Å². The molecule has 0 radical (unpaired) electrons. The summed E-state index contributed by atoms with van der Waals surface area (Å²) in [6, 6.07) is 22.4. The van der Waals surface area contributed by atoms with E-state index >= 15 is 0 Å². The minimum absolute atomic E-state index is 0.352. The Hall–Kier alpha value is -4.44. The van der Waals surface area contributed by atoms with Crippen molar-refractivity contribution in [3.8, 4) is 17.6 Å².